The summed E-state index contributed by atoms with van der Waals surface area (Å²) >= 11 is -2.14. The van der Waals surface area contributed by atoms with Gasteiger partial charge in [0.1, 0.15) is 11.4 Å². The quantitative estimate of drug-likeness (QED) is 0.128. The molecule has 245 valence electrons. The predicted molar refractivity (Wildman–Crippen MR) is 196 cm³/mol. The first-order chi connectivity index (χ1) is 25.2. The first kappa shape index (κ1) is 27.0. The molecule has 0 spiro atoms. The Kier molecular flexibility index (Phi) is 8.26. The number of benzene rings is 4. The summed E-state index contributed by atoms with van der Waals surface area (Å²) in [4.78, 5) is 8.99. The number of furan rings is 1. The van der Waals surface area contributed by atoms with Crippen molar-refractivity contribution in [2.45, 2.75) is 50.7 Å². The number of aryl methyl sites for hydroxylation is 2. The minimum absolute atomic E-state index is 0. The van der Waals surface area contributed by atoms with Gasteiger partial charge in [-0.3, -0.25) is 0 Å². The second kappa shape index (κ2) is 14.7. The fourth-order valence-corrected chi connectivity index (χ4v) is 8.87. The van der Waals surface area contributed by atoms with Crippen LogP contribution < -0.4 is 4.40 Å². The Morgan fingerprint density at radius 1 is 0.854 bits per heavy atom. The van der Waals surface area contributed by atoms with E-state index < -0.39 is 32.9 Å². The first-order valence-electron chi connectivity index (χ1n) is 18.8. The summed E-state index contributed by atoms with van der Waals surface area (Å²) in [6.45, 7) is -0.639. The molecule has 7 aromatic rings. The van der Waals surface area contributed by atoms with Crippen LogP contribution in [0.3, 0.4) is 0 Å². The number of hydrogen-bond donors (Lipinski definition) is 0. The van der Waals surface area contributed by atoms with Crippen molar-refractivity contribution in [2.24, 2.45) is 0 Å². The number of fused-ring (bicyclic) bond motifs is 3. The number of nitrogens with zero attached hydrogens (tertiary/aromatic N) is 2. The Labute approximate surface area is 309 Å². The van der Waals surface area contributed by atoms with E-state index in [0.717, 1.165) is 33.2 Å². The molecule has 0 saturated heterocycles. The van der Waals surface area contributed by atoms with Gasteiger partial charge in [-0.15, -0.1) is 18.2 Å². The first-order valence-corrected chi connectivity index (χ1v) is 22.7. The molecular weight excluding hydrogens is 832 g/mol. The molecule has 0 saturated carbocycles. The summed E-state index contributed by atoms with van der Waals surface area (Å²) in [5, 5.41) is 1.62. The van der Waals surface area contributed by atoms with Crippen molar-refractivity contribution in [1.29, 1.82) is 0 Å². The van der Waals surface area contributed by atoms with Crippen LogP contribution in [0.25, 0.3) is 55.6 Å². The summed E-state index contributed by atoms with van der Waals surface area (Å²) in [7, 11) is 0. The summed E-state index contributed by atoms with van der Waals surface area (Å²) in [6, 6.07) is 32.1. The predicted octanol–water partition coefficient (Wildman–Crippen LogP) is 11.1. The zero-order valence-electron chi connectivity index (χ0n) is 34.3. The van der Waals surface area contributed by atoms with E-state index in [2.05, 4.69) is 39.4 Å². The zero-order chi connectivity index (χ0) is 39.2. The summed E-state index contributed by atoms with van der Waals surface area (Å²) in [6.07, 6.45) is 3.30. The van der Waals surface area contributed by atoms with Gasteiger partial charge in [0.25, 0.3) is 0 Å². The number of rotatable bonds is 5. The fraction of sp³-hybridized carbons (Fsp3) is 0.190. The van der Waals surface area contributed by atoms with Gasteiger partial charge in [0, 0.05) is 41.9 Å². The molecule has 0 bridgehead atoms. The van der Waals surface area contributed by atoms with Crippen LogP contribution in [0.4, 0.5) is 4.39 Å². The van der Waals surface area contributed by atoms with Crippen LogP contribution in [0.5, 0.6) is 0 Å². The van der Waals surface area contributed by atoms with Crippen LogP contribution >= 0.6 is 0 Å². The van der Waals surface area contributed by atoms with Crippen molar-refractivity contribution in [3.63, 3.8) is 0 Å². The van der Waals surface area contributed by atoms with Crippen molar-refractivity contribution < 1.29 is 38.5 Å². The molecule has 0 unspecified atom stereocenters. The van der Waals surface area contributed by atoms with Gasteiger partial charge in [-0.1, -0.05) is 47.3 Å². The van der Waals surface area contributed by atoms with E-state index in [1.165, 1.54) is 28.8 Å². The maximum absolute atomic E-state index is 13.7. The Balaban J connectivity index is 0.000000213. The molecule has 3 nitrogen and oxygen atoms in total. The van der Waals surface area contributed by atoms with Crippen molar-refractivity contribution in [1.82, 2.24) is 9.97 Å². The second-order valence-electron chi connectivity index (χ2n) is 12.7. The van der Waals surface area contributed by atoms with E-state index in [-0.39, 0.29) is 37.0 Å². The van der Waals surface area contributed by atoms with Gasteiger partial charge in [0.05, 0.1) is 5.58 Å². The van der Waals surface area contributed by atoms with Gasteiger partial charge in [0.2, 0.25) is 0 Å². The van der Waals surface area contributed by atoms with Crippen LogP contribution in [0.15, 0.2) is 108 Å². The third-order valence-electron chi connectivity index (χ3n) is 7.98. The Bertz CT molecular complexity index is 2450. The minimum atomic E-state index is -2.30. The Morgan fingerprint density at radius 3 is 2.33 bits per heavy atom. The molecule has 0 fully saturated rings. The Morgan fingerprint density at radius 2 is 1.65 bits per heavy atom. The molecule has 6 heteroatoms. The van der Waals surface area contributed by atoms with E-state index in [4.69, 9.17) is 14.0 Å². The normalized spacial score (nSPS) is 14.2. The van der Waals surface area contributed by atoms with E-state index in [1.807, 2.05) is 62.5 Å². The van der Waals surface area contributed by atoms with Crippen LogP contribution in [0, 0.1) is 31.7 Å². The van der Waals surface area contributed by atoms with Gasteiger partial charge in [-0.2, -0.15) is 0 Å². The molecule has 1 radical (unpaired) electrons. The van der Waals surface area contributed by atoms with Crippen molar-refractivity contribution in [2.75, 3.05) is 0 Å². The van der Waals surface area contributed by atoms with E-state index >= 15 is 0 Å². The fourth-order valence-electron chi connectivity index (χ4n) is 5.55. The molecule has 0 atom stereocenters. The number of pyridine rings is 2. The van der Waals surface area contributed by atoms with Crippen LogP contribution in [-0.2, 0) is 20.1 Å². The van der Waals surface area contributed by atoms with Gasteiger partial charge in [-0.25, -0.2) is 4.39 Å². The average Bonchev–Trinajstić information content (AvgIpc) is 3.48. The molecule has 0 aliphatic heterocycles. The smallest absolute Gasteiger partial charge is 0.126 e. The number of halogens is 1. The molecule has 0 amide bonds. The molecule has 3 heterocycles. The van der Waals surface area contributed by atoms with Gasteiger partial charge in [0.15, 0.2) is 0 Å². The van der Waals surface area contributed by atoms with Gasteiger partial charge in [-0.05, 0) is 41.4 Å². The standard InChI is InChI=1S/C24H15FNO.C18H24GeN.Ir/c1-15-14-26-22(13-21(15)16-6-3-2-4-7-16)20-9-5-8-19-18-11-10-17(25)12-23(18)27-24(19)20;1-13(2)16-11-18(15-9-7-14(3)8-10-15)20-12-17(16)19(4,5)6;/h2-8,10-14H,1H3;7-9,11-13H,1-6H3;/q2*-1;/i1D3;3D3,13D;. The van der Waals surface area contributed by atoms with E-state index in [0.29, 0.717) is 28.0 Å². The monoisotopic (exact) mass is 880 g/mol. The van der Waals surface area contributed by atoms with Crippen LogP contribution in [0.2, 0.25) is 17.3 Å². The maximum Gasteiger partial charge on any atom is 0.126 e. The summed E-state index contributed by atoms with van der Waals surface area (Å²) in [5.41, 5.74) is 6.40. The summed E-state index contributed by atoms with van der Waals surface area (Å²) < 4.78 is 75.3. The molecule has 3 aromatic heterocycles. The zero-order valence-corrected chi connectivity index (χ0v) is 31.8. The minimum Gasteiger partial charge on any atom is -0.500 e. The molecule has 0 N–H and O–H groups in total. The largest absolute Gasteiger partial charge is 0.500 e. The topological polar surface area (TPSA) is 38.9 Å². The molecule has 7 rings (SSSR count). The van der Waals surface area contributed by atoms with E-state index in [1.54, 1.807) is 30.3 Å². The molecule has 0 aliphatic carbocycles. The van der Waals surface area contributed by atoms with Crippen LogP contribution in [0.1, 0.15) is 46.0 Å². The second-order valence-corrected chi connectivity index (χ2v) is 23.2. The van der Waals surface area contributed by atoms with Crippen molar-refractivity contribution in [3.05, 3.63) is 138 Å². The van der Waals surface area contributed by atoms with Gasteiger partial charge >= 0.3 is 131 Å². The molecule has 48 heavy (non-hydrogen) atoms. The maximum atomic E-state index is 13.7. The van der Waals surface area contributed by atoms with Crippen molar-refractivity contribution >= 4 is 39.6 Å². The van der Waals surface area contributed by atoms with Crippen molar-refractivity contribution in [3.8, 4) is 33.6 Å². The third-order valence-corrected chi connectivity index (χ3v) is 12.2. The number of hydrogen-bond acceptors (Lipinski definition) is 3. The summed E-state index contributed by atoms with van der Waals surface area (Å²) in [5.74, 6) is 5.80. The molecule has 0 aliphatic rings. The molecular formula is C42H39FGeIrN2O-2. The SMILES string of the molecule is [2H]C([2H])([2H])c1c[c-]c(-c2cc(C([2H])(C)C)[c]([Ge]([CH3])([CH3])[CH3])cn2)cc1.[2H]C([2H])([2H])c1cnc(-c2[c-]ccc3c2oc2cc(F)ccc23)cc1-c1ccccc1.[Ir]. The average molecular weight is 879 g/mol. The number of aromatic nitrogens is 2. The molecule has 4 aromatic carbocycles. The Hall–Kier alpha value is -3.90. The van der Waals surface area contributed by atoms with E-state index in [9.17, 15) is 4.39 Å². The van der Waals surface area contributed by atoms with Crippen LogP contribution in [-0.4, -0.2) is 23.2 Å². The van der Waals surface area contributed by atoms with Gasteiger partial charge < -0.3 is 9.40 Å². The third kappa shape index (κ3) is 7.54.